The van der Waals surface area contributed by atoms with Crippen LogP contribution in [0.1, 0.15) is 39.9 Å². The molecule has 0 saturated carbocycles. The molecule has 1 amide bonds. The highest BCUT2D eigenvalue weighted by atomic mass is 16.3. The number of hydrogen-bond acceptors (Lipinski definition) is 2. The maximum Gasteiger partial charge on any atom is 0.254 e. The second-order valence-corrected chi connectivity index (χ2v) is 8.95. The van der Waals surface area contributed by atoms with Gasteiger partial charge in [-0.25, -0.2) is 0 Å². The first-order chi connectivity index (χ1) is 15.0. The van der Waals surface area contributed by atoms with E-state index < -0.39 is 0 Å². The van der Waals surface area contributed by atoms with Gasteiger partial charge in [-0.3, -0.25) is 4.79 Å². The molecule has 0 radical (unpaired) electrons. The summed E-state index contributed by atoms with van der Waals surface area (Å²) in [6.07, 6.45) is 2.63. The van der Waals surface area contributed by atoms with Gasteiger partial charge in [0.05, 0.1) is 6.61 Å². The third kappa shape index (κ3) is 4.42. The monoisotopic (exact) mass is 413 g/mol. The Hall–Kier alpha value is -2.91. The molecule has 0 spiro atoms. The molecule has 0 aliphatic carbocycles. The van der Waals surface area contributed by atoms with Gasteiger partial charge >= 0.3 is 0 Å². The van der Waals surface area contributed by atoms with E-state index in [0.717, 1.165) is 48.1 Å². The van der Waals surface area contributed by atoms with Crippen LogP contribution in [0.2, 0.25) is 0 Å². The van der Waals surface area contributed by atoms with E-state index in [1.54, 1.807) is 0 Å². The Morgan fingerprint density at radius 1 is 0.903 bits per heavy atom. The summed E-state index contributed by atoms with van der Waals surface area (Å²) in [4.78, 5) is 15.6. The Balaban J connectivity index is 1.63. The molecule has 1 heterocycles. The van der Waals surface area contributed by atoms with E-state index in [4.69, 9.17) is 0 Å². The van der Waals surface area contributed by atoms with E-state index in [1.807, 2.05) is 47.4 Å². The van der Waals surface area contributed by atoms with Crippen LogP contribution < -0.4 is 0 Å². The van der Waals surface area contributed by atoms with Crippen molar-refractivity contribution < 1.29 is 9.90 Å². The van der Waals surface area contributed by atoms with Crippen molar-refractivity contribution in [2.45, 2.75) is 33.1 Å². The fourth-order valence-electron chi connectivity index (χ4n) is 4.87. The van der Waals surface area contributed by atoms with Crippen molar-refractivity contribution in [3.8, 4) is 11.1 Å². The lowest BCUT2D eigenvalue weighted by Crippen LogP contribution is -2.49. The maximum atomic E-state index is 13.7. The number of hydrogen-bond donors (Lipinski definition) is 1. The molecule has 3 aromatic carbocycles. The van der Waals surface area contributed by atoms with Gasteiger partial charge in [0, 0.05) is 24.1 Å². The van der Waals surface area contributed by atoms with E-state index in [2.05, 4.69) is 44.2 Å². The van der Waals surface area contributed by atoms with Crippen LogP contribution >= 0.6 is 0 Å². The highest BCUT2D eigenvalue weighted by Gasteiger charge is 2.37. The van der Waals surface area contributed by atoms with Crippen molar-refractivity contribution in [1.29, 1.82) is 0 Å². The Morgan fingerprint density at radius 3 is 2.26 bits per heavy atom. The Morgan fingerprint density at radius 2 is 1.55 bits per heavy atom. The standard InChI is InChI=1S/C28H31NO2/c1-21-10-3-5-12-23(21)18-28(20-30)16-9-17-29(19-28)27(31)26-15-8-7-14-25(26)24-13-6-4-11-22(24)2/h3-8,10-15,30H,9,16-20H2,1-2H3/t28-/m1/s1. The van der Waals surface area contributed by atoms with Gasteiger partial charge in [0.25, 0.3) is 5.91 Å². The normalized spacial score (nSPS) is 18.7. The van der Waals surface area contributed by atoms with Crippen LogP contribution in [-0.2, 0) is 6.42 Å². The molecule has 1 saturated heterocycles. The molecule has 3 nitrogen and oxygen atoms in total. The van der Waals surface area contributed by atoms with Crippen molar-refractivity contribution in [2.24, 2.45) is 5.41 Å². The molecule has 3 heteroatoms. The molecular formula is C28H31NO2. The van der Waals surface area contributed by atoms with E-state index >= 15 is 0 Å². The fourth-order valence-corrected chi connectivity index (χ4v) is 4.87. The third-order valence-electron chi connectivity index (χ3n) is 6.70. The predicted octanol–water partition coefficient (Wildman–Crippen LogP) is 5.43. The molecule has 31 heavy (non-hydrogen) atoms. The second-order valence-electron chi connectivity index (χ2n) is 8.95. The summed E-state index contributed by atoms with van der Waals surface area (Å²) in [6.45, 7) is 5.60. The Labute approximate surface area is 185 Å². The lowest BCUT2D eigenvalue weighted by molar-refractivity contribution is 0.0271. The number of amides is 1. The molecule has 3 aromatic rings. The molecular weight excluding hydrogens is 382 g/mol. The van der Waals surface area contributed by atoms with Crippen LogP contribution in [0.25, 0.3) is 11.1 Å². The maximum absolute atomic E-state index is 13.7. The molecule has 4 rings (SSSR count). The van der Waals surface area contributed by atoms with Crippen molar-refractivity contribution in [3.05, 3.63) is 95.1 Å². The summed E-state index contributed by atoms with van der Waals surface area (Å²) in [5, 5.41) is 10.4. The number of carbonyl (C=O) groups is 1. The highest BCUT2D eigenvalue weighted by Crippen LogP contribution is 2.36. The van der Waals surface area contributed by atoms with Crippen LogP contribution in [0.5, 0.6) is 0 Å². The summed E-state index contributed by atoms with van der Waals surface area (Å²) in [5.74, 6) is 0.0566. The lowest BCUT2D eigenvalue weighted by atomic mass is 9.75. The largest absolute Gasteiger partial charge is 0.396 e. The van der Waals surface area contributed by atoms with E-state index in [0.29, 0.717) is 6.54 Å². The smallest absolute Gasteiger partial charge is 0.254 e. The summed E-state index contributed by atoms with van der Waals surface area (Å²) in [6, 6.07) is 24.4. The second kappa shape index (κ2) is 9.07. The Kier molecular flexibility index (Phi) is 6.24. The lowest BCUT2D eigenvalue weighted by Gasteiger charge is -2.42. The zero-order chi connectivity index (χ0) is 21.8. The minimum Gasteiger partial charge on any atom is -0.396 e. The average molecular weight is 414 g/mol. The van der Waals surface area contributed by atoms with Crippen LogP contribution in [0, 0.1) is 19.3 Å². The molecule has 0 bridgehead atoms. The third-order valence-corrected chi connectivity index (χ3v) is 6.70. The number of aliphatic hydroxyl groups excluding tert-OH is 1. The van der Waals surface area contributed by atoms with Gasteiger partial charge in [0.2, 0.25) is 0 Å². The number of rotatable bonds is 5. The van der Waals surface area contributed by atoms with Gasteiger partial charge in [0.1, 0.15) is 0 Å². The molecule has 1 N–H and O–H groups in total. The van der Waals surface area contributed by atoms with Crippen LogP contribution in [0.4, 0.5) is 0 Å². The van der Waals surface area contributed by atoms with E-state index in [-0.39, 0.29) is 17.9 Å². The molecule has 1 fully saturated rings. The molecule has 1 aliphatic rings. The van der Waals surface area contributed by atoms with Crippen molar-refractivity contribution in [1.82, 2.24) is 4.90 Å². The molecule has 160 valence electrons. The van der Waals surface area contributed by atoms with Gasteiger partial charge < -0.3 is 10.0 Å². The van der Waals surface area contributed by atoms with Crippen LogP contribution in [-0.4, -0.2) is 35.6 Å². The van der Waals surface area contributed by atoms with Gasteiger partial charge in [-0.05, 0) is 67.0 Å². The van der Waals surface area contributed by atoms with Crippen LogP contribution in [0.3, 0.4) is 0 Å². The molecule has 1 atom stereocenters. The molecule has 0 unspecified atom stereocenters. The van der Waals surface area contributed by atoms with Crippen molar-refractivity contribution >= 4 is 5.91 Å². The highest BCUT2D eigenvalue weighted by molar-refractivity contribution is 6.01. The first-order valence-corrected chi connectivity index (χ1v) is 11.1. The average Bonchev–Trinajstić information content (AvgIpc) is 2.81. The zero-order valence-corrected chi connectivity index (χ0v) is 18.5. The predicted molar refractivity (Wildman–Crippen MR) is 126 cm³/mol. The minimum absolute atomic E-state index is 0.0566. The van der Waals surface area contributed by atoms with E-state index in [1.165, 1.54) is 11.1 Å². The number of benzene rings is 3. The summed E-state index contributed by atoms with van der Waals surface area (Å²) < 4.78 is 0. The number of nitrogens with zero attached hydrogens (tertiary/aromatic N) is 1. The van der Waals surface area contributed by atoms with Gasteiger partial charge in [-0.2, -0.15) is 0 Å². The molecule has 0 aromatic heterocycles. The number of aliphatic hydroxyl groups is 1. The summed E-state index contributed by atoms with van der Waals surface area (Å²) >= 11 is 0. The quantitative estimate of drug-likeness (QED) is 0.606. The first-order valence-electron chi connectivity index (χ1n) is 11.1. The van der Waals surface area contributed by atoms with Crippen LogP contribution in [0.15, 0.2) is 72.8 Å². The number of carbonyl (C=O) groups excluding carboxylic acids is 1. The number of likely N-dealkylation sites (tertiary alicyclic amines) is 1. The number of aryl methyl sites for hydroxylation is 2. The zero-order valence-electron chi connectivity index (χ0n) is 18.5. The van der Waals surface area contributed by atoms with Gasteiger partial charge in [-0.1, -0.05) is 66.7 Å². The van der Waals surface area contributed by atoms with Crippen molar-refractivity contribution in [2.75, 3.05) is 19.7 Å². The SMILES string of the molecule is Cc1ccccc1C[C@]1(CO)CCCN(C(=O)c2ccccc2-c2ccccc2C)C1. The van der Waals surface area contributed by atoms with Crippen molar-refractivity contribution in [3.63, 3.8) is 0 Å². The topological polar surface area (TPSA) is 40.5 Å². The van der Waals surface area contributed by atoms with E-state index in [9.17, 15) is 9.90 Å². The summed E-state index contributed by atoms with van der Waals surface area (Å²) in [7, 11) is 0. The number of piperidine rings is 1. The first kappa shape index (κ1) is 21.3. The summed E-state index contributed by atoms with van der Waals surface area (Å²) in [5.41, 5.74) is 6.17. The minimum atomic E-state index is -0.294. The van der Waals surface area contributed by atoms with Gasteiger partial charge in [-0.15, -0.1) is 0 Å². The molecule has 1 aliphatic heterocycles. The van der Waals surface area contributed by atoms with Gasteiger partial charge in [0.15, 0.2) is 0 Å². The fraction of sp³-hybridized carbons (Fsp3) is 0.321. The Bertz CT molecular complexity index is 1070.